The monoisotopic (exact) mass is 447 g/mol. The molecule has 2 fully saturated rings. The Morgan fingerprint density at radius 1 is 1.38 bits per heavy atom. The molecule has 1 saturated carbocycles. The Kier molecular flexibility index (Phi) is 7.18. The smallest absolute Gasteiger partial charge is 0.431 e. The number of hydrogen-bond donors (Lipinski definition) is 3. The third-order valence-electron chi connectivity index (χ3n) is 5.21. The van der Waals surface area contributed by atoms with Gasteiger partial charge in [0.2, 0.25) is 0 Å². The second-order valence-corrected chi connectivity index (χ2v) is 8.51. The van der Waals surface area contributed by atoms with Crippen LogP contribution in [0, 0.1) is 11.3 Å². The van der Waals surface area contributed by atoms with Crippen molar-refractivity contribution < 1.29 is 29.2 Å². The Morgan fingerprint density at radius 3 is 2.72 bits per heavy atom. The fraction of sp³-hybridized carbons (Fsp3) is 0.619. The summed E-state index contributed by atoms with van der Waals surface area (Å²) in [6.07, 6.45) is 5.10. The van der Waals surface area contributed by atoms with Crippen molar-refractivity contribution in [1.29, 1.82) is 5.26 Å². The van der Waals surface area contributed by atoms with Crippen LogP contribution in [0.5, 0.6) is 0 Å². The highest BCUT2D eigenvalue weighted by molar-refractivity contribution is 5.65. The summed E-state index contributed by atoms with van der Waals surface area (Å²) in [6, 6.07) is 5.83. The number of aliphatic hydroxyl groups is 2. The van der Waals surface area contributed by atoms with E-state index in [0.717, 1.165) is 31.4 Å². The molecule has 2 aromatic rings. The van der Waals surface area contributed by atoms with Gasteiger partial charge in [-0.05, 0) is 64.5 Å². The fourth-order valence-electron chi connectivity index (χ4n) is 3.75. The molecule has 174 valence electrons. The molecule has 32 heavy (non-hydrogen) atoms. The lowest BCUT2D eigenvalue weighted by atomic mass is 10.0. The second-order valence-electron chi connectivity index (χ2n) is 8.51. The zero-order valence-corrected chi connectivity index (χ0v) is 18.2. The molecule has 0 spiro atoms. The highest BCUT2D eigenvalue weighted by Gasteiger charge is 2.43. The van der Waals surface area contributed by atoms with Gasteiger partial charge in [0.15, 0.2) is 17.2 Å². The molecule has 11 nitrogen and oxygen atoms in total. The van der Waals surface area contributed by atoms with Crippen LogP contribution in [0.2, 0.25) is 0 Å². The molecule has 0 radical (unpaired) electrons. The molecule has 2 aliphatic rings. The number of carbonyl (C=O) groups excluding carboxylic acids is 1. The zero-order valence-electron chi connectivity index (χ0n) is 18.2. The SMILES string of the molecule is CC(C)(O)O.N#C[C@@]1(COC(=O)OC2CCCC2)CC[C@H](c2ccc3c(N)ncnn23)O1. The summed E-state index contributed by atoms with van der Waals surface area (Å²) >= 11 is 0. The number of anilines is 1. The van der Waals surface area contributed by atoms with Gasteiger partial charge in [-0.1, -0.05) is 0 Å². The summed E-state index contributed by atoms with van der Waals surface area (Å²) in [5.74, 6) is -1.13. The van der Waals surface area contributed by atoms with E-state index in [0.29, 0.717) is 24.2 Å². The van der Waals surface area contributed by atoms with Gasteiger partial charge < -0.3 is 30.2 Å². The molecule has 4 N–H and O–H groups in total. The van der Waals surface area contributed by atoms with Crippen LogP contribution in [0.15, 0.2) is 18.5 Å². The summed E-state index contributed by atoms with van der Waals surface area (Å²) in [7, 11) is 0. The van der Waals surface area contributed by atoms with Crippen molar-refractivity contribution >= 4 is 17.5 Å². The fourth-order valence-corrected chi connectivity index (χ4v) is 3.75. The van der Waals surface area contributed by atoms with E-state index in [1.807, 2.05) is 12.1 Å². The number of fused-ring (bicyclic) bond motifs is 1. The van der Waals surface area contributed by atoms with Crippen molar-refractivity contribution in [2.24, 2.45) is 0 Å². The maximum absolute atomic E-state index is 11.9. The first-order valence-corrected chi connectivity index (χ1v) is 10.6. The minimum absolute atomic E-state index is 0.0787. The predicted molar refractivity (Wildman–Crippen MR) is 112 cm³/mol. The van der Waals surface area contributed by atoms with E-state index < -0.39 is 17.5 Å². The van der Waals surface area contributed by atoms with Crippen LogP contribution in [0.1, 0.15) is 64.2 Å². The number of hydrogen-bond acceptors (Lipinski definition) is 10. The number of nitrogens with two attached hydrogens (primary N) is 1. The van der Waals surface area contributed by atoms with Gasteiger partial charge in [0.25, 0.3) is 0 Å². The molecule has 0 amide bonds. The zero-order chi connectivity index (χ0) is 23.4. The molecule has 2 atom stereocenters. The lowest BCUT2D eigenvalue weighted by Gasteiger charge is -2.22. The van der Waals surface area contributed by atoms with Crippen molar-refractivity contribution in [3.8, 4) is 6.07 Å². The van der Waals surface area contributed by atoms with Crippen molar-refractivity contribution in [2.75, 3.05) is 12.3 Å². The molecule has 1 aliphatic carbocycles. The Morgan fingerprint density at radius 2 is 2.06 bits per heavy atom. The topological polar surface area (TPSA) is 165 Å². The minimum atomic E-state index is -1.50. The number of aromatic nitrogens is 3. The van der Waals surface area contributed by atoms with E-state index in [9.17, 15) is 10.1 Å². The maximum Gasteiger partial charge on any atom is 0.508 e. The Balaban J connectivity index is 0.000000523. The third-order valence-corrected chi connectivity index (χ3v) is 5.21. The first kappa shape index (κ1) is 23.7. The normalized spacial score (nSPS) is 23.4. The van der Waals surface area contributed by atoms with E-state index in [1.54, 1.807) is 4.52 Å². The van der Waals surface area contributed by atoms with Gasteiger partial charge in [0.05, 0.1) is 5.69 Å². The van der Waals surface area contributed by atoms with E-state index in [-0.39, 0.29) is 18.8 Å². The van der Waals surface area contributed by atoms with Crippen LogP contribution in [-0.4, -0.2) is 55.1 Å². The highest BCUT2D eigenvalue weighted by atomic mass is 16.7. The van der Waals surface area contributed by atoms with Crippen LogP contribution < -0.4 is 5.73 Å². The average Bonchev–Trinajstić information content (AvgIpc) is 3.45. The van der Waals surface area contributed by atoms with Crippen molar-refractivity contribution in [3.63, 3.8) is 0 Å². The number of nitrogen functional groups attached to an aromatic ring is 1. The van der Waals surface area contributed by atoms with Gasteiger partial charge in [-0.25, -0.2) is 14.3 Å². The molecule has 11 heteroatoms. The van der Waals surface area contributed by atoms with Crippen molar-refractivity contribution in [3.05, 3.63) is 24.2 Å². The van der Waals surface area contributed by atoms with Crippen molar-refractivity contribution in [1.82, 2.24) is 14.6 Å². The number of nitrogens with zero attached hydrogens (tertiary/aromatic N) is 4. The van der Waals surface area contributed by atoms with Crippen LogP contribution in [0.25, 0.3) is 5.52 Å². The summed E-state index contributed by atoms with van der Waals surface area (Å²) in [5.41, 5.74) is 6.13. The van der Waals surface area contributed by atoms with Gasteiger partial charge in [-0.15, -0.1) is 0 Å². The van der Waals surface area contributed by atoms with Gasteiger partial charge in [-0.3, -0.25) is 0 Å². The maximum atomic E-state index is 11.9. The predicted octanol–water partition coefficient (Wildman–Crippen LogP) is 2.23. The molecule has 0 bridgehead atoms. The molecule has 4 rings (SSSR count). The second kappa shape index (κ2) is 9.68. The van der Waals surface area contributed by atoms with Crippen LogP contribution in [0.4, 0.5) is 10.6 Å². The van der Waals surface area contributed by atoms with E-state index in [2.05, 4.69) is 16.2 Å². The van der Waals surface area contributed by atoms with Crippen LogP contribution >= 0.6 is 0 Å². The minimum Gasteiger partial charge on any atom is -0.431 e. The number of carbonyl (C=O) groups is 1. The average molecular weight is 447 g/mol. The largest absolute Gasteiger partial charge is 0.508 e. The summed E-state index contributed by atoms with van der Waals surface area (Å²) in [6.45, 7) is 2.44. The molecule has 3 heterocycles. The van der Waals surface area contributed by atoms with Gasteiger partial charge in [0, 0.05) is 0 Å². The molecule has 0 aromatic carbocycles. The van der Waals surface area contributed by atoms with E-state index in [1.165, 1.54) is 20.2 Å². The van der Waals surface area contributed by atoms with Gasteiger partial charge in [-0.2, -0.15) is 10.4 Å². The summed E-state index contributed by atoms with van der Waals surface area (Å²) < 4.78 is 18.1. The standard InChI is InChI=1S/C18H21N5O4.C3H8O2/c19-9-18(10-25-17(24)26-12-3-1-2-4-12)8-7-15(27-18)13-5-6-14-16(20)21-11-22-23(13)14;1-3(2,4)5/h5-6,11-12,15H,1-4,7-8,10H2,(H2,20,21,22);4-5H,1-2H3/t15-,18-;/m1./s1. The van der Waals surface area contributed by atoms with Gasteiger partial charge in [0.1, 0.15) is 36.7 Å². The van der Waals surface area contributed by atoms with Gasteiger partial charge >= 0.3 is 6.16 Å². The van der Waals surface area contributed by atoms with Crippen molar-refractivity contribution in [2.45, 2.75) is 76.0 Å². The number of nitriles is 1. The first-order chi connectivity index (χ1) is 15.1. The molecular formula is C21H29N5O6. The summed E-state index contributed by atoms with van der Waals surface area (Å²) in [4.78, 5) is 15.9. The molecule has 0 unspecified atom stereocenters. The molecular weight excluding hydrogens is 418 g/mol. The third kappa shape index (κ3) is 6.06. The Hall–Kier alpha value is -2.94. The van der Waals surface area contributed by atoms with Crippen LogP contribution in [0.3, 0.4) is 0 Å². The summed E-state index contributed by atoms with van der Waals surface area (Å²) in [5, 5.41) is 30.0. The Bertz CT molecular complexity index is 969. The molecule has 1 aliphatic heterocycles. The van der Waals surface area contributed by atoms with E-state index >= 15 is 0 Å². The lowest BCUT2D eigenvalue weighted by molar-refractivity contribution is -0.127. The number of rotatable bonds is 4. The lowest BCUT2D eigenvalue weighted by Crippen LogP contribution is -2.34. The van der Waals surface area contributed by atoms with Crippen LogP contribution in [-0.2, 0) is 14.2 Å². The molecule has 1 saturated heterocycles. The first-order valence-electron chi connectivity index (χ1n) is 10.6. The molecule has 2 aromatic heterocycles. The van der Waals surface area contributed by atoms with E-state index in [4.69, 9.17) is 30.2 Å². The Labute approximate surface area is 185 Å². The number of ether oxygens (including phenoxy) is 3. The highest BCUT2D eigenvalue weighted by Crippen LogP contribution is 2.40. The quantitative estimate of drug-likeness (QED) is 0.467.